The summed E-state index contributed by atoms with van der Waals surface area (Å²) in [7, 11) is -4.00. The molecule has 2 rings (SSSR count). The summed E-state index contributed by atoms with van der Waals surface area (Å²) in [5.41, 5.74) is 1.16. The minimum absolute atomic E-state index is 0.414. The molecule has 1 N–H and O–H groups in total. The Bertz CT molecular complexity index is 830. The Kier molecular flexibility index (Phi) is 4.96. The van der Waals surface area contributed by atoms with E-state index in [0.717, 1.165) is 6.07 Å². The first-order valence-corrected chi connectivity index (χ1v) is 8.58. The molecule has 0 aliphatic rings. The van der Waals surface area contributed by atoms with E-state index in [9.17, 15) is 12.8 Å². The third-order valence-corrected chi connectivity index (χ3v) is 5.10. The van der Waals surface area contributed by atoms with E-state index in [-0.39, 0.29) is 0 Å². The van der Waals surface area contributed by atoms with Crippen molar-refractivity contribution in [2.75, 3.05) is 0 Å². The first-order valence-electron chi connectivity index (χ1n) is 6.31. The predicted molar refractivity (Wildman–Crippen MR) is 84.0 cm³/mol. The van der Waals surface area contributed by atoms with Crippen molar-refractivity contribution in [3.63, 3.8) is 0 Å². The summed E-state index contributed by atoms with van der Waals surface area (Å²) in [6, 6.07) is 11.7. The Morgan fingerprint density at radius 3 is 2.45 bits per heavy atom. The molecule has 0 fully saturated rings. The van der Waals surface area contributed by atoms with Crippen LogP contribution >= 0.6 is 15.9 Å². The van der Waals surface area contributed by atoms with Crippen molar-refractivity contribution < 1.29 is 12.8 Å². The lowest BCUT2D eigenvalue weighted by molar-refractivity contribution is 0.546. The van der Waals surface area contributed by atoms with E-state index >= 15 is 0 Å². The first kappa shape index (κ1) is 16.6. The lowest BCUT2D eigenvalue weighted by Gasteiger charge is -2.15. The molecule has 0 saturated heterocycles. The number of hydrogen-bond donors (Lipinski definition) is 1. The number of sulfonamides is 1. The molecule has 0 aliphatic carbocycles. The van der Waals surface area contributed by atoms with Gasteiger partial charge in [0.25, 0.3) is 0 Å². The van der Waals surface area contributed by atoms with E-state index in [1.165, 1.54) is 12.1 Å². The number of halogens is 2. The second kappa shape index (κ2) is 6.57. The van der Waals surface area contributed by atoms with Gasteiger partial charge in [0.1, 0.15) is 10.7 Å². The number of nitriles is 1. The zero-order valence-corrected chi connectivity index (χ0v) is 13.9. The van der Waals surface area contributed by atoms with Crippen LogP contribution in [0.1, 0.15) is 24.1 Å². The Balaban J connectivity index is 2.27. The number of nitrogens with one attached hydrogen (secondary N) is 1. The van der Waals surface area contributed by atoms with Gasteiger partial charge in [0.2, 0.25) is 10.0 Å². The van der Waals surface area contributed by atoms with Gasteiger partial charge in [-0.1, -0.05) is 28.1 Å². The maximum atomic E-state index is 13.7. The van der Waals surface area contributed by atoms with E-state index in [0.29, 0.717) is 15.6 Å². The monoisotopic (exact) mass is 382 g/mol. The fraction of sp³-hybridized carbons (Fsp3) is 0.133. The Morgan fingerprint density at radius 2 is 1.86 bits per heavy atom. The van der Waals surface area contributed by atoms with E-state index in [4.69, 9.17) is 5.26 Å². The fourth-order valence-corrected chi connectivity index (χ4v) is 3.74. The zero-order chi connectivity index (χ0) is 16.3. The third-order valence-electron chi connectivity index (χ3n) is 3.05. The molecular formula is C15H12BrFN2O2S. The topological polar surface area (TPSA) is 70.0 Å². The minimum Gasteiger partial charge on any atom is -0.207 e. The highest BCUT2D eigenvalue weighted by molar-refractivity contribution is 9.10. The van der Waals surface area contributed by atoms with E-state index in [1.807, 2.05) is 6.07 Å². The Labute approximate surface area is 136 Å². The molecule has 2 aromatic carbocycles. The van der Waals surface area contributed by atoms with Crippen molar-refractivity contribution >= 4 is 26.0 Å². The van der Waals surface area contributed by atoms with Gasteiger partial charge in [0.15, 0.2) is 0 Å². The van der Waals surface area contributed by atoms with Gasteiger partial charge in [-0.2, -0.15) is 5.26 Å². The molecule has 0 spiro atoms. The summed E-state index contributed by atoms with van der Waals surface area (Å²) in [5, 5.41) is 8.75. The number of nitrogens with zero attached hydrogens (tertiary/aromatic N) is 1. The second-order valence-corrected chi connectivity index (χ2v) is 7.25. The highest BCUT2D eigenvalue weighted by atomic mass is 79.9. The van der Waals surface area contributed by atoms with Gasteiger partial charge >= 0.3 is 0 Å². The SMILES string of the molecule is CC(NS(=O)(=O)c1cc(Br)ccc1F)c1ccc(C#N)cc1. The predicted octanol–water partition coefficient (Wildman–Crippen LogP) is 3.50. The summed E-state index contributed by atoms with van der Waals surface area (Å²) in [5.74, 6) is -0.817. The summed E-state index contributed by atoms with van der Waals surface area (Å²) >= 11 is 3.13. The fourth-order valence-electron chi connectivity index (χ4n) is 1.89. The van der Waals surface area contributed by atoms with Crippen molar-refractivity contribution in [2.24, 2.45) is 0 Å². The Hall–Kier alpha value is -1.75. The molecule has 1 atom stereocenters. The van der Waals surface area contributed by atoms with Crippen LogP contribution in [-0.4, -0.2) is 8.42 Å². The summed E-state index contributed by atoms with van der Waals surface area (Å²) in [4.78, 5) is -0.414. The summed E-state index contributed by atoms with van der Waals surface area (Å²) in [6.07, 6.45) is 0. The van der Waals surface area contributed by atoms with Crippen LogP contribution in [-0.2, 0) is 10.0 Å². The summed E-state index contributed by atoms with van der Waals surface area (Å²) in [6.45, 7) is 1.65. The van der Waals surface area contributed by atoms with Crippen LogP contribution in [0.4, 0.5) is 4.39 Å². The van der Waals surface area contributed by atoms with Crippen LogP contribution < -0.4 is 4.72 Å². The quantitative estimate of drug-likeness (QED) is 0.879. The van der Waals surface area contributed by atoms with Crippen LogP contribution in [0.5, 0.6) is 0 Å². The average Bonchev–Trinajstić information content (AvgIpc) is 2.49. The van der Waals surface area contributed by atoms with Crippen molar-refractivity contribution in [1.29, 1.82) is 5.26 Å². The van der Waals surface area contributed by atoms with Crippen LogP contribution in [0, 0.1) is 17.1 Å². The highest BCUT2D eigenvalue weighted by Gasteiger charge is 2.22. The van der Waals surface area contributed by atoms with Crippen molar-refractivity contribution in [3.8, 4) is 6.07 Å². The Morgan fingerprint density at radius 1 is 1.23 bits per heavy atom. The van der Waals surface area contributed by atoms with Gasteiger partial charge in [0.05, 0.1) is 11.6 Å². The van der Waals surface area contributed by atoms with Gasteiger partial charge in [-0.05, 0) is 42.8 Å². The second-order valence-electron chi connectivity index (χ2n) is 4.65. The van der Waals surface area contributed by atoms with E-state index in [1.54, 1.807) is 31.2 Å². The lowest BCUT2D eigenvalue weighted by atomic mass is 10.1. The van der Waals surface area contributed by atoms with Gasteiger partial charge in [0, 0.05) is 10.5 Å². The van der Waals surface area contributed by atoms with Crippen LogP contribution in [0.3, 0.4) is 0 Å². The zero-order valence-electron chi connectivity index (χ0n) is 11.5. The molecule has 0 amide bonds. The van der Waals surface area contributed by atoms with Gasteiger partial charge in [-0.3, -0.25) is 0 Å². The van der Waals surface area contributed by atoms with Crippen molar-refractivity contribution in [3.05, 3.63) is 63.9 Å². The molecule has 1 unspecified atom stereocenters. The molecule has 114 valence electrons. The molecule has 0 radical (unpaired) electrons. The number of benzene rings is 2. The van der Waals surface area contributed by atoms with Gasteiger partial charge in [-0.15, -0.1) is 0 Å². The molecule has 0 aliphatic heterocycles. The maximum Gasteiger partial charge on any atom is 0.244 e. The third kappa shape index (κ3) is 3.71. The molecule has 0 aromatic heterocycles. The molecular weight excluding hydrogens is 371 g/mol. The first-order chi connectivity index (χ1) is 10.3. The molecule has 0 bridgehead atoms. The van der Waals surface area contributed by atoms with E-state index < -0.39 is 26.8 Å². The molecule has 0 heterocycles. The van der Waals surface area contributed by atoms with Crippen molar-refractivity contribution in [1.82, 2.24) is 4.72 Å². The number of rotatable bonds is 4. The largest absolute Gasteiger partial charge is 0.244 e. The standard InChI is InChI=1S/C15H12BrFN2O2S/c1-10(12-4-2-11(9-18)3-5-12)19-22(20,21)15-8-13(16)6-7-14(15)17/h2-8,10,19H,1H3. The average molecular weight is 383 g/mol. The molecule has 22 heavy (non-hydrogen) atoms. The van der Waals surface area contributed by atoms with Crippen LogP contribution in [0.15, 0.2) is 51.8 Å². The smallest absolute Gasteiger partial charge is 0.207 e. The molecule has 0 saturated carbocycles. The highest BCUT2D eigenvalue weighted by Crippen LogP contribution is 2.22. The molecule has 7 heteroatoms. The van der Waals surface area contributed by atoms with Crippen LogP contribution in [0.25, 0.3) is 0 Å². The summed E-state index contributed by atoms with van der Waals surface area (Å²) < 4.78 is 41.2. The number of hydrogen-bond acceptors (Lipinski definition) is 3. The normalized spacial score (nSPS) is 12.6. The van der Waals surface area contributed by atoms with E-state index in [2.05, 4.69) is 20.7 Å². The minimum atomic E-state index is -4.00. The maximum absolute atomic E-state index is 13.7. The van der Waals surface area contributed by atoms with Gasteiger partial charge < -0.3 is 0 Å². The molecule has 4 nitrogen and oxygen atoms in total. The van der Waals surface area contributed by atoms with Crippen molar-refractivity contribution in [2.45, 2.75) is 17.9 Å². The van der Waals surface area contributed by atoms with Crippen LogP contribution in [0.2, 0.25) is 0 Å². The lowest BCUT2D eigenvalue weighted by Crippen LogP contribution is -2.27. The van der Waals surface area contributed by atoms with Gasteiger partial charge in [-0.25, -0.2) is 17.5 Å². The molecule has 2 aromatic rings.